The highest BCUT2D eigenvalue weighted by Gasteiger charge is 2.16. The molecule has 5 nitrogen and oxygen atoms in total. The van der Waals surface area contributed by atoms with Crippen LogP contribution in [-0.2, 0) is 11.3 Å². The van der Waals surface area contributed by atoms with Crippen molar-refractivity contribution in [1.29, 1.82) is 0 Å². The number of aromatic nitrogens is 2. The van der Waals surface area contributed by atoms with Gasteiger partial charge in [-0.1, -0.05) is 0 Å². The van der Waals surface area contributed by atoms with Gasteiger partial charge in [-0.3, -0.25) is 4.68 Å². The highest BCUT2D eigenvalue weighted by atomic mass is 35.5. The number of aryl methyl sites for hydroxylation is 1. The molecule has 2 heterocycles. The zero-order chi connectivity index (χ0) is 10.7. The Hall–Kier alpha value is -0.650. The van der Waals surface area contributed by atoms with E-state index in [4.69, 9.17) is 10.5 Å². The molecule has 1 unspecified atom stereocenters. The summed E-state index contributed by atoms with van der Waals surface area (Å²) in [4.78, 5) is 0. The largest absolute Gasteiger partial charge is 0.394 e. The van der Waals surface area contributed by atoms with Crippen LogP contribution in [0.4, 0.5) is 11.5 Å². The number of hydrogen-bond acceptors (Lipinski definition) is 4. The molecule has 1 aromatic rings. The second-order valence-electron chi connectivity index (χ2n) is 3.80. The molecule has 3 N–H and O–H groups in total. The standard InChI is InChI=1S/C10H18N4O.2ClH/c1-2-14-7-9(11)10(13-14)12-6-8-4-3-5-15-8;;/h7-8H,2-6,11H2,1H3,(H,12,13);2*1H. The SMILES string of the molecule is CCn1cc(N)c(NCC2CCCO2)n1.Cl.Cl. The molecule has 7 heteroatoms. The summed E-state index contributed by atoms with van der Waals surface area (Å²) in [6.07, 6.45) is 4.45. The first-order valence-corrected chi connectivity index (χ1v) is 5.48. The molecule has 100 valence electrons. The van der Waals surface area contributed by atoms with Crippen LogP contribution in [0.15, 0.2) is 6.20 Å². The molecule has 0 aromatic carbocycles. The zero-order valence-corrected chi connectivity index (χ0v) is 11.5. The van der Waals surface area contributed by atoms with Gasteiger partial charge in [0, 0.05) is 19.7 Å². The van der Waals surface area contributed by atoms with E-state index in [2.05, 4.69) is 10.4 Å². The Morgan fingerprint density at radius 2 is 2.35 bits per heavy atom. The van der Waals surface area contributed by atoms with Gasteiger partial charge in [-0.2, -0.15) is 5.10 Å². The van der Waals surface area contributed by atoms with Crippen LogP contribution in [0.25, 0.3) is 0 Å². The molecule has 0 radical (unpaired) electrons. The van der Waals surface area contributed by atoms with Crippen LogP contribution in [0, 0.1) is 0 Å². The van der Waals surface area contributed by atoms with Gasteiger partial charge < -0.3 is 15.8 Å². The minimum atomic E-state index is 0. The van der Waals surface area contributed by atoms with E-state index in [1.807, 2.05) is 17.8 Å². The van der Waals surface area contributed by atoms with Gasteiger partial charge in [0.1, 0.15) is 0 Å². The van der Waals surface area contributed by atoms with E-state index < -0.39 is 0 Å². The molecule has 2 rings (SSSR count). The first kappa shape index (κ1) is 16.4. The molecule has 0 aliphatic carbocycles. The number of rotatable bonds is 4. The first-order chi connectivity index (χ1) is 7.29. The molecule has 1 fully saturated rings. The van der Waals surface area contributed by atoms with Gasteiger partial charge in [-0.25, -0.2) is 0 Å². The number of anilines is 2. The van der Waals surface area contributed by atoms with E-state index in [1.165, 1.54) is 0 Å². The van der Waals surface area contributed by atoms with Crippen LogP contribution in [0.3, 0.4) is 0 Å². The lowest BCUT2D eigenvalue weighted by Crippen LogP contribution is -2.19. The zero-order valence-electron chi connectivity index (χ0n) is 9.89. The van der Waals surface area contributed by atoms with Crippen molar-refractivity contribution >= 4 is 36.3 Å². The van der Waals surface area contributed by atoms with Crippen LogP contribution < -0.4 is 11.1 Å². The summed E-state index contributed by atoms with van der Waals surface area (Å²) in [6, 6.07) is 0. The van der Waals surface area contributed by atoms with Crippen molar-refractivity contribution in [3.05, 3.63) is 6.20 Å². The third-order valence-electron chi connectivity index (χ3n) is 2.64. The van der Waals surface area contributed by atoms with E-state index in [9.17, 15) is 0 Å². The molecule has 17 heavy (non-hydrogen) atoms. The van der Waals surface area contributed by atoms with E-state index in [1.54, 1.807) is 0 Å². The van der Waals surface area contributed by atoms with Gasteiger partial charge >= 0.3 is 0 Å². The summed E-state index contributed by atoms with van der Waals surface area (Å²) in [5.41, 5.74) is 6.52. The second-order valence-corrected chi connectivity index (χ2v) is 3.80. The molecular weight excluding hydrogens is 263 g/mol. The second kappa shape index (κ2) is 7.63. The van der Waals surface area contributed by atoms with Crippen LogP contribution in [0.2, 0.25) is 0 Å². The maximum atomic E-state index is 5.82. The first-order valence-electron chi connectivity index (χ1n) is 5.48. The fourth-order valence-corrected chi connectivity index (χ4v) is 1.75. The van der Waals surface area contributed by atoms with Crippen LogP contribution in [0.1, 0.15) is 19.8 Å². The molecule has 1 saturated heterocycles. The predicted molar refractivity (Wildman–Crippen MR) is 74.3 cm³/mol. The monoisotopic (exact) mass is 282 g/mol. The summed E-state index contributed by atoms with van der Waals surface area (Å²) in [7, 11) is 0. The van der Waals surface area contributed by atoms with E-state index >= 15 is 0 Å². The van der Waals surface area contributed by atoms with Crippen molar-refractivity contribution in [2.75, 3.05) is 24.2 Å². The van der Waals surface area contributed by atoms with Crippen LogP contribution in [-0.4, -0.2) is 29.0 Å². The van der Waals surface area contributed by atoms with Crippen LogP contribution >= 0.6 is 24.8 Å². The van der Waals surface area contributed by atoms with Gasteiger partial charge in [0.2, 0.25) is 0 Å². The number of nitrogens with two attached hydrogens (primary N) is 1. The molecular formula is C10H20Cl2N4O. The van der Waals surface area contributed by atoms with Gasteiger partial charge in [0.05, 0.1) is 18.0 Å². The summed E-state index contributed by atoms with van der Waals surface area (Å²) in [6.45, 7) is 4.55. The Labute approximate surface area is 114 Å². The van der Waals surface area contributed by atoms with Crippen molar-refractivity contribution in [3.8, 4) is 0 Å². The lowest BCUT2D eigenvalue weighted by molar-refractivity contribution is 0.120. The Morgan fingerprint density at radius 1 is 1.59 bits per heavy atom. The van der Waals surface area contributed by atoms with Crippen molar-refractivity contribution < 1.29 is 4.74 Å². The molecule has 1 aromatic heterocycles. The molecule has 0 spiro atoms. The van der Waals surface area contributed by atoms with Crippen molar-refractivity contribution in [1.82, 2.24) is 9.78 Å². The molecule has 1 atom stereocenters. The Kier molecular flexibility index (Phi) is 7.34. The molecule has 1 aliphatic rings. The fourth-order valence-electron chi connectivity index (χ4n) is 1.75. The average Bonchev–Trinajstić information content (AvgIpc) is 2.84. The molecule has 0 bridgehead atoms. The summed E-state index contributed by atoms with van der Waals surface area (Å²) in [5, 5.41) is 7.54. The molecule has 0 amide bonds. The topological polar surface area (TPSA) is 65.1 Å². The fraction of sp³-hybridized carbons (Fsp3) is 0.700. The van der Waals surface area contributed by atoms with Gasteiger partial charge in [0.25, 0.3) is 0 Å². The highest BCUT2D eigenvalue weighted by molar-refractivity contribution is 5.85. The minimum Gasteiger partial charge on any atom is -0.394 e. The number of halogens is 2. The maximum Gasteiger partial charge on any atom is 0.171 e. The number of nitrogen functional groups attached to an aromatic ring is 1. The van der Waals surface area contributed by atoms with Gasteiger partial charge in [0.15, 0.2) is 5.82 Å². The van der Waals surface area contributed by atoms with Gasteiger partial charge in [-0.05, 0) is 19.8 Å². The molecule has 0 saturated carbocycles. The maximum absolute atomic E-state index is 5.82. The number of hydrogen-bond donors (Lipinski definition) is 2. The smallest absolute Gasteiger partial charge is 0.171 e. The van der Waals surface area contributed by atoms with Crippen molar-refractivity contribution in [2.24, 2.45) is 0 Å². The van der Waals surface area contributed by atoms with Gasteiger partial charge in [-0.15, -0.1) is 24.8 Å². The summed E-state index contributed by atoms with van der Waals surface area (Å²) < 4.78 is 7.34. The summed E-state index contributed by atoms with van der Waals surface area (Å²) in [5.74, 6) is 0.771. The molecule has 1 aliphatic heterocycles. The van der Waals surface area contributed by atoms with Crippen molar-refractivity contribution in [2.45, 2.75) is 32.4 Å². The minimum absolute atomic E-state index is 0. The highest BCUT2D eigenvalue weighted by Crippen LogP contribution is 2.17. The number of nitrogens with zero attached hydrogens (tertiary/aromatic N) is 2. The predicted octanol–water partition coefficient (Wildman–Crippen LogP) is 1.92. The number of nitrogens with one attached hydrogen (secondary N) is 1. The lowest BCUT2D eigenvalue weighted by atomic mass is 10.2. The van der Waals surface area contributed by atoms with E-state index in [0.717, 1.165) is 38.4 Å². The Bertz CT molecular complexity index is 326. The lowest BCUT2D eigenvalue weighted by Gasteiger charge is -2.10. The average molecular weight is 283 g/mol. The Morgan fingerprint density at radius 3 is 2.88 bits per heavy atom. The Balaban J connectivity index is 0.00000128. The van der Waals surface area contributed by atoms with E-state index in [-0.39, 0.29) is 24.8 Å². The third-order valence-corrected chi connectivity index (χ3v) is 2.64. The number of ether oxygens (including phenoxy) is 1. The van der Waals surface area contributed by atoms with Crippen molar-refractivity contribution in [3.63, 3.8) is 0 Å². The van der Waals surface area contributed by atoms with Crippen LogP contribution in [0.5, 0.6) is 0 Å². The van der Waals surface area contributed by atoms with E-state index in [0.29, 0.717) is 11.8 Å². The third kappa shape index (κ3) is 4.26. The summed E-state index contributed by atoms with van der Waals surface area (Å²) >= 11 is 0. The quantitative estimate of drug-likeness (QED) is 0.886. The normalized spacial score (nSPS) is 18.3.